The van der Waals surface area contributed by atoms with E-state index in [9.17, 15) is 9.59 Å². The van der Waals surface area contributed by atoms with E-state index in [1.807, 2.05) is 35.8 Å². The van der Waals surface area contributed by atoms with Crippen LogP contribution in [0.1, 0.15) is 55.8 Å². The number of aromatic nitrogens is 1. The van der Waals surface area contributed by atoms with Gasteiger partial charge in [-0.1, -0.05) is 19.8 Å². The summed E-state index contributed by atoms with van der Waals surface area (Å²) >= 11 is 0. The molecule has 8 heteroatoms. The number of nitrogens with one attached hydrogen (secondary N) is 1. The highest BCUT2D eigenvalue weighted by atomic mass is 16.5. The largest absolute Gasteiger partial charge is 0.496 e. The van der Waals surface area contributed by atoms with Gasteiger partial charge in [-0.3, -0.25) is 9.59 Å². The van der Waals surface area contributed by atoms with Crippen molar-refractivity contribution in [3.63, 3.8) is 0 Å². The summed E-state index contributed by atoms with van der Waals surface area (Å²) in [6, 6.07) is 9.20. The first-order chi connectivity index (χ1) is 16.9. The molecule has 35 heavy (non-hydrogen) atoms. The van der Waals surface area contributed by atoms with Crippen LogP contribution in [0.3, 0.4) is 0 Å². The number of nitrogens with zero attached hydrogens (tertiary/aromatic N) is 2. The van der Waals surface area contributed by atoms with Gasteiger partial charge in [0.25, 0.3) is 5.91 Å². The van der Waals surface area contributed by atoms with Crippen molar-refractivity contribution in [2.24, 2.45) is 5.92 Å². The Kier molecular flexibility index (Phi) is 5.99. The van der Waals surface area contributed by atoms with Crippen LogP contribution >= 0.6 is 0 Å². The quantitative estimate of drug-likeness (QED) is 0.568. The van der Waals surface area contributed by atoms with E-state index in [-0.39, 0.29) is 30.9 Å². The van der Waals surface area contributed by atoms with Gasteiger partial charge in [-0.2, -0.15) is 0 Å². The van der Waals surface area contributed by atoms with Crippen molar-refractivity contribution in [1.29, 1.82) is 0 Å². The van der Waals surface area contributed by atoms with Gasteiger partial charge < -0.3 is 28.7 Å². The van der Waals surface area contributed by atoms with E-state index < -0.39 is 5.54 Å². The molecule has 0 unspecified atom stereocenters. The first-order valence-corrected chi connectivity index (χ1v) is 12.3. The molecule has 1 N–H and O–H groups in total. The summed E-state index contributed by atoms with van der Waals surface area (Å²) in [5.41, 5.74) is 0.109. The average molecular weight is 480 g/mol. The molecule has 1 aliphatic heterocycles. The normalized spacial score (nSPS) is 24.3. The van der Waals surface area contributed by atoms with Crippen LogP contribution in [0.5, 0.6) is 11.5 Å². The van der Waals surface area contributed by atoms with Crippen molar-refractivity contribution >= 4 is 22.7 Å². The molecule has 186 valence electrons. The zero-order chi connectivity index (χ0) is 24.7. The van der Waals surface area contributed by atoms with Crippen LogP contribution in [0.15, 0.2) is 41.0 Å². The third-order valence-electron chi connectivity index (χ3n) is 7.76. The van der Waals surface area contributed by atoms with Gasteiger partial charge in [0.05, 0.1) is 39.1 Å². The van der Waals surface area contributed by atoms with Crippen LogP contribution in [-0.4, -0.2) is 47.1 Å². The second-order valence-electron chi connectivity index (χ2n) is 9.93. The predicted octanol–water partition coefficient (Wildman–Crippen LogP) is 4.36. The van der Waals surface area contributed by atoms with Crippen molar-refractivity contribution in [3.8, 4) is 11.5 Å². The zero-order valence-electron chi connectivity index (χ0n) is 20.8. The molecule has 2 aromatic heterocycles. The lowest BCUT2D eigenvalue weighted by Gasteiger charge is -2.45. The van der Waals surface area contributed by atoms with Crippen LogP contribution in [0.2, 0.25) is 0 Å². The van der Waals surface area contributed by atoms with Gasteiger partial charge in [0.15, 0.2) is 0 Å². The minimum atomic E-state index is -1.13. The molecule has 5 rings (SSSR count). The van der Waals surface area contributed by atoms with Crippen LogP contribution in [-0.2, 0) is 17.9 Å². The Morgan fingerprint density at radius 2 is 1.91 bits per heavy atom. The number of carbonyl (C=O) groups is 2. The summed E-state index contributed by atoms with van der Waals surface area (Å²) < 4.78 is 18.7. The highest BCUT2D eigenvalue weighted by Gasteiger charge is 2.49. The molecule has 0 radical (unpaired) electrons. The zero-order valence-corrected chi connectivity index (χ0v) is 20.8. The fraction of sp³-hybridized carbons (Fsp3) is 0.481. The lowest BCUT2D eigenvalue weighted by molar-refractivity contribution is -0.134. The predicted molar refractivity (Wildman–Crippen MR) is 132 cm³/mol. The standard InChI is InChI=1S/C27H33N3O5/c1-17-8-5-6-10-20(17)28-26(32)27(2)16-29-21(25(31)30(27)15-18-9-7-13-35-18)14-19-22(33-3)11-12-23(34-4)24(19)29/h7,9,11-14,17,20H,5-6,8,10,15-16H2,1-4H3,(H,28,32)/t17-,20-,27+/m0/s1. The number of methoxy groups -OCH3 is 2. The number of carbonyl (C=O) groups excluding carboxylic acids is 2. The first kappa shape index (κ1) is 23.3. The number of ether oxygens (including phenoxy) is 2. The second kappa shape index (κ2) is 8.98. The monoisotopic (exact) mass is 479 g/mol. The average Bonchev–Trinajstić information content (AvgIpc) is 3.51. The van der Waals surface area contributed by atoms with Crippen molar-refractivity contribution in [2.75, 3.05) is 14.2 Å². The Morgan fingerprint density at radius 3 is 2.60 bits per heavy atom. The van der Waals surface area contributed by atoms with Crippen molar-refractivity contribution in [3.05, 3.63) is 48.0 Å². The number of rotatable bonds is 6. The summed E-state index contributed by atoms with van der Waals surface area (Å²) in [4.78, 5) is 29.6. The van der Waals surface area contributed by atoms with E-state index in [1.165, 1.54) is 6.42 Å². The van der Waals surface area contributed by atoms with Crippen molar-refractivity contribution in [2.45, 2.75) is 64.2 Å². The highest BCUT2D eigenvalue weighted by Crippen LogP contribution is 2.40. The van der Waals surface area contributed by atoms with E-state index in [0.29, 0.717) is 28.9 Å². The summed E-state index contributed by atoms with van der Waals surface area (Å²) in [6.07, 6.45) is 5.92. The van der Waals surface area contributed by atoms with E-state index in [1.54, 1.807) is 31.4 Å². The lowest BCUT2D eigenvalue weighted by atomic mass is 9.85. The minimum Gasteiger partial charge on any atom is -0.496 e. The molecule has 1 fully saturated rings. The molecular weight excluding hydrogens is 446 g/mol. The van der Waals surface area contributed by atoms with Crippen molar-refractivity contribution in [1.82, 2.24) is 14.8 Å². The minimum absolute atomic E-state index is 0.103. The number of furan rings is 1. The molecule has 2 amide bonds. The summed E-state index contributed by atoms with van der Waals surface area (Å²) in [7, 11) is 3.21. The van der Waals surface area contributed by atoms with Gasteiger partial charge >= 0.3 is 0 Å². The van der Waals surface area contributed by atoms with E-state index in [0.717, 1.165) is 30.2 Å². The van der Waals surface area contributed by atoms with Crippen molar-refractivity contribution < 1.29 is 23.5 Å². The van der Waals surface area contributed by atoms with Gasteiger partial charge in [-0.15, -0.1) is 0 Å². The molecule has 0 bridgehead atoms. The maximum absolute atomic E-state index is 14.0. The van der Waals surface area contributed by atoms with E-state index in [2.05, 4.69) is 12.2 Å². The van der Waals surface area contributed by atoms with Gasteiger partial charge in [0.1, 0.15) is 28.5 Å². The van der Waals surface area contributed by atoms with Crippen LogP contribution in [0.4, 0.5) is 0 Å². The molecule has 1 aliphatic carbocycles. The molecule has 2 aliphatic rings. The Balaban J connectivity index is 1.61. The van der Waals surface area contributed by atoms with Gasteiger partial charge in [-0.25, -0.2) is 0 Å². The number of amides is 2. The molecule has 3 heterocycles. The van der Waals surface area contributed by atoms with Gasteiger partial charge in [0, 0.05) is 11.4 Å². The molecule has 1 saturated carbocycles. The Morgan fingerprint density at radius 1 is 1.17 bits per heavy atom. The fourth-order valence-corrected chi connectivity index (χ4v) is 5.62. The number of hydrogen-bond acceptors (Lipinski definition) is 5. The molecule has 1 aromatic carbocycles. The molecule has 0 saturated heterocycles. The first-order valence-electron chi connectivity index (χ1n) is 12.3. The Labute approximate surface area is 205 Å². The summed E-state index contributed by atoms with van der Waals surface area (Å²) in [6.45, 7) is 4.52. The van der Waals surface area contributed by atoms with Gasteiger partial charge in [0.2, 0.25) is 5.91 Å². The third-order valence-corrected chi connectivity index (χ3v) is 7.76. The van der Waals surface area contributed by atoms with E-state index in [4.69, 9.17) is 13.9 Å². The van der Waals surface area contributed by atoms with Crippen LogP contribution in [0, 0.1) is 5.92 Å². The molecule has 8 nitrogen and oxygen atoms in total. The Bertz CT molecular complexity index is 1250. The lowest BCUT2D eigenvalue weighted by Crippen LogP contribution is -2.65. The maximum atomic E-state index is 14.0. The molecular formula is C27H33N3O5. The fourth-order valence-electron chi connectivity index (χ4n) is 5.62. The van der Waals surface area contributed by atoms with Crippen LogP contribution in [0.25, 0.3) is 10.9 Å². The Hall–Kier alpha value is -3.42. The molecule has 3 atom stereocenters. The SMILES string of the molecule is COc1ccc(OC)c2c1cc1n2C[C@](C)(C(=O)N[C@H]2CCCC[C@@H]2C)N(Cc2ccco2)C1=O. The maximum Gasteiger partial charge on any atom is 0.271 e. The van der Waals surface area contributed by atoms with Gasteiger partial charge in [-0.05, 0) is 56.0 Å². The molecule has 0 spiro atoms. The topological polar surface area (TPSA) is 85.9 Å². The highest BCUT2D eigenvalue weighted by molar-refractivity contribution is 6.05. The number of fused-ring (bicyclic) bond motifs is 3. The van der Waals surface area contributed by atoms with E-state index >= 15 is 0 Å². The third kappa shape index (κ3) is 3.85. The molecule has 3 aromatic rings. The number of benzene rings is 1. The summed E-state index contributed by atoms with van der Waals surface area (Å²) in [5, 5.41) is 4.08. The second-order valence-corrected chi connectivity index (χ2v) is 9.93. The smallest absolute Gasteiger partial charge is 0.271 e. The van der Waals surface area contributed by atoms with Crippen LogP contribution < -0.4 is 14.8 Å². The number of hydrogen-bond donors (Lipinski definition) is 1. The summed E-state index contributed by atoms with van der Waals surface area (Å²) in [5.74, 6) is 1.93.